The summed E-state index contributed by atoms with van der Waals surface area (Å²) in [6.45, 7) is 0.385. The molecule has 0 saturated heterocycles. The Hall–Kier alpha value is -2.49. The van der Waals surface area contributed by atoms with Crippen LogP contribution < -0.4 is 4.74 Å². The maximum absolute atomic E-state index is 12.8. The Morgan fingerprint density at radius 2 is 1.89 bits per heavy atom. The molecule has 0 spiro atoms. The molecule has 0 bridgehead atoms. The first-order valence-corrected chi connectivity index (χ1v) is 5.90. The van der Waals surface area contributed by atoms with E-state index < -0.39 is 0 Å². The van der Waals surface area contributed by atoms with Crippen LogP contribution in [0.1, 0.15) is 5.56 Å². The Kier molecular flexibility index (Phi) is 2.83. The van der Waals surface area contributed by atoms with Gasteiger partial charge < -0.3 is 14.8 Å². The van der Waals surface area contributed by atoms with Gasteiger partial charge in [-0.15, -0.1) is 0 Å². The van der Waals surface area contributed by atoms with Crippen LogP contribution in [0.2, 0.25) is 0 Å². The second-order valence-corrected chi connectivity index (χ2v) is 4.29. The molecule has 0 aliphatic heterocycles. The first-order valence-electron chi connectivity index (χ1n) is 5.90. The lowest BCUT2D eigenvalue weighted by atomic mass is 10.2. The molecule has 1 heterocycles. The topological polar surface area (TPSA) is 45.2 Å². The minimum Gasteiger partial charge on any atom is -0.508 e. The second-order valence-electron chi connectivity index (χ2n) is 4.29. The van der Waals surface area contributed by atoms with E-state index in [2.05, 4.69) is 4.98 Å². The molecule has 0 amide bonds. The van der Waals surface area contributed by atoms with Crippen LogP contribution in [0.3, 0.4) is 0 Å². The third kappa shape index (κ3) is 2.38. The number of aromatic amines is 1. The van der Waals surface area contributed by atoms with Gasteiger partial charge in [-0.05, 0) is 36.4 Å². The summed E-state index contributed by atoms with van der Waals surface area (Å²) in [7, 11) is 0. The van der Waals surface area contributed by atoms with E-state index in [1.54, 1.807) is 24.3 Å². The molecule has 0 aliphatic rings. The van der Waals surface area contributed by atoms with Gasteiger partial charge in [0.15, 0.2) is 0 Å². The Labute approximate surface area is 109 Å². The Bertz CT molecular complexity index is 704. The number of ether oxygens (including phenoxy) is 1. The fraction of sp³-hybridized carbons (Fsp3) is 0.0667. The summed E-state index contributed by atoms with van der Waals surface area (Å²) >= 11 is 0. The molecular formula is C15H12FNO2. The highest BCUT2D eigenvalue weighted by molar-refractivity contribution is 5.84. The van der Waals surface area contributed by atoms with Crippen molar-refractivity contribution in [2.75, 3.05) is 0 Å². The predicted molar refractivity (Wildman–Crippen MR) is 70.7 cm³/mol. The molecule has 2 N–H and O–H groups in total. The molecule has 96 valence electrons. The van der Waals surface area contributed by atoms with Crippen LogP contribution in [-0.2, 0) is 6.61 Å². The van der Waals surface area contributed by atoms with E-state index in [9.17, 15) is 9.50 Å². The summed E-state index contributed by atoms with van der Waals surface area (Å²) in [6.07, 6.45) is 1.84. The fourth-order valence-corrected chi connectivity index (χ4v) is 1.99. The van der Waals surface area contributed by atoms with Crippen LogP contribution in [0.15, 0.2) is 48.7 Å². The fourth-order valence-electron chi connectivity index (χ4n) is 1.99. The van der Waals surface area contributed by atoms with Gasteiger partial charge in [0.2, 0.25) is 0 Å². The largest absolute Gasteiger partial charge is 0.508 e. The smallest absolute Gasteiger partial charge is 0.123 e. The first-order chi connectivity index (χ1) is 9.22. The van der Waals surface area contributed by atoms with Gasteiger partial charge in [-0.3, -0.25) is 0 Å². The number of halogens is 1. The Morgan fingerprint density at radius 3 is 2.68 bits per heavy atom. The van der Waals surface area contributed by atoms with Crippen molar-refractivity contribution in [3.63, 3.8) is 0 Å². The normalized spacial score (nSPS) is 10.8. The number of hydrogen-bond donors (Lipinski definition) is 2. The molecule has 2 aromatic carbocycles. The van der Waals surface area contributed by atoms with Gasteiger partial charge in [-0.25, -0.2) is 4.39 Å². The van der Waals surface area contributed by atoms with Crippen molar-refractivity contribution in [2.24, 2.45) is 0 Å². The summed E-state index contributed by atoms with van der Waals surface area (Å²) < 4.78 is 18.4. The molecule has 3 nitrogen and oxygen atoms in total. The van der Waals surface area contributed by atoms with E-state index >= 15 is 0 Å². The van der Waals surface area contributed by atoms with Crippen molar-refractivity contribution >= 4 is 10.9 Å². The average Bonchev–Trinajstić information content (AvgIpc) is 2.80. The molecule has 1 aromatic heterocycles. The van der Waals surface area contributed by atoms with E-state index in [4.69, 9.17) is 4.74 Å². The van der Waals surface area contributed by atoms with E-state index in [1.807, 2.05) is 12.3 Å². The second kappa shape index (κ2) is 4.65. The molecule has 19 heavy (non-hydrogen) atoms. The van der Waals surface area contributed by atoms with Crippen LogP contribution in [0.5, 0.6) is 11.5 Å². The number of phenolic OH excluding ortho intramolecular Hbond substituents is 1. The monoisotopic (exact) mass is 257 g/mol. The number of hydrogen-bond acceptors (Lipinski definition) is 2. The first kappa shape index (κ1) is 11.6. The van der Waals surface area contributed by atoms with Gasteiger partial charge in [-0.1, -0.05) is 0 Å². The van der Waals surface area contributed by atoms with Crippen molar-refractivity contribution in [1.29, 1.82) is 0 Å². The number of phenols is 1. The van der Waals surface area contributed by atoms with Crippen LogP contribution >= 0.6 is 0 Å². The highest BCUT2D eigenvalue weighted by atomic mass is 19.1. The number of fused-ring (bicyclic) bond motifs is 1. The highest BCUT2D eigenvalue weighted by Crippen LogP contribution is 2.23. The number of benzene rings is 2. The van der Waals surface area contributed by atoms with E-state index in [0.29, 0.717) is 12.4 Å². The van der Waals surface area contributed by atoms with Crippen molar-refractivity contribution in [3.05, 3.63) is 60.0 Å². The Morgan fingerprint density at radius 1 is 1.11 bits per heavy atom. The van der Waals surface area contributed by atoms with Crippen molar-refractivity contribution in [3.8, 4) is 11.5 Å². The zero-order valence-corrected chi connectivity index (χ0v) is 10.1. The molecular weight excluding hydrogens is 245 g/mol. The zero-order chi connectivity index (χ0) is 13.2. The van der Waals surface area contributed by atoms with Gasteiger partial charge in [0.1, 0.15) is 23.9 Å². The number of nitrogens with one attached hydrogen (secondary N) is 1. The summed E-state index contributed by atoms with van der Waals surface area (Å²) in [5.74, 6) is 0.560. The van der Waals surface area contributed by atoms with Gasteiger partial charge in [0, 0.05) is 28.7 Å². The summed E-state index contributed by atoms with van der Waals surface area (Å²) in [6, 6.07) is 11.1. The van der Waals surface area contributed by atoms with Crippen LogP contribution in [-0.4, -0.2) is 10.1 Å². The lowest BCUT2D eigenvalue weighted by Gasteiger charge is -2.05. The summed E-state index contributed by atoms with van der Waals surface area (Å²) in [4.78, 5) is 3.07. The molecule has 0 radical (unpaired) electrons. The van der Waals surface area contributed by atoms with Gasteiger partial charge in [0.25, 0.3) is 0 Å². The SMILES string of the molecule is Oc1ccc2c(COc3ccc(F)cc3)c[nH]c2c1. The van der Waals surface area contributed by atoms with Crippen molar-refractivity contribution in [2.45, 2.75) is 6.61 Å². The van der Waals surface area contributed by atoms with E-state index in [-0.39, 0.29) is 11.6 Å². The molecule has 3 rings (SSSR count). The van der Waals surface area contributed by atoms with E-state index in [1.165, 1.54) is 12.1 Å². The maximum atomic E-state index is 12.8. The number of aromatic hydroxyl groups is 1. The molecule has 0 unspecified atom stereocenters. The Balaban J connectivity index is 1.80. The minimum absolute atomic E-state index is 0.223. The number of rotatable bonds is 3. The average molecular weight is 257 g/mol. The lowest BCUT2D eigenvalue weighted by molar-refractivity contribution is 0.307. The number of H-pyrrole nitrogens is 1. The minimum atomic E-state index is -0.282. The lowest BCUT2D eigenvalue weighted by Crippen LogP contribution is -1.94. The van der Waals surface area contributed by atoms with Gasteiger partial charge in [-0.2, -0.15) is 0 Å². The third-order valence-electron chi connectivity index (χ3n) is 2.96. The molecule has 0 atom stereocenters. The molecule has 0 saturated carbocycles. The van der Waals surface area contributed by atoms with Gasteiger partial charge in [0.05, 0.1) is 0 Å². The molecule has 4 heteroatoms. The van der Waals surface area contributed by atoms with Crippen LogP contribution in [0.4, 0.5) is 4.39 Å². The standard InChI is InChI=1S/C15H12FNO2/c16-11-1-4-13(5-2-11)19-9-10-8-17-15-7-12(18)3-6-14(10)15/h1-8,17-18H,9H2. The van der Waals surface area contributed by atoms with Crippen LogP contribution in [0.25, 0.3) is 10.9 Å². The third-order valence-corrected chi connectivity index (χ3v) is 2.96. The van der Waals surface area contributed by atoms with Gasteiger partial charge >= 0.3 is 0 Å². The number of aromatic nitrogens is 1. The predicted octanol–water partition coefficient (Wildman–Crippen LogP) is 3.59. The summed E-state index contributed by atoms with van der Waals surface area (Å²) in [5.41, 5.74) is 1.84. The van der Waals surface area contributed by atoms with E-state index in [0.717, 1.165) is 16.5 Å². The van der Waals surface area contributed by atoms with Crippen molar-refractivity contribution < 1.29 is 14.2 Å². The van der Waals surface area contributed by atoms with Crippen molar-refractivity contribution in [1.82, 2.24) is 4.98 Å². The summed E-state index contributed by atoms with van der Waals surface area (Å²) in [5, 5.41) is 10.4. The molecule has 3 aromatic rings. The maximum Gasteiger partial charge on any atom is 0.123 e. The molecule has 0 fully saturated rings. The van der Waals surface area contributed by atoms with Crippen LogP contribution in [0, 0.1) is 5.82 Å². The molecule has 0 aliphatic carbocycles. The zero-order valence-electron chi connectivity index (χ0n) is 10.1. The highest BCUT2D eigenvalue weighted by Gasteiger charge is 2.05. The quantitative estimate of drug-likeness (QED) is 0.753.